The van der Waals surface area contributed by atoms with Gasteiger partial charge in [0, 0.05) is 51.0 Å². The third kappa shape index (κ3) is 3.57. The highest BCUT2D eigenvalue weighted by molar-refractivity contribution is 7.90. The van der Waals surface area contributed by atoms with Crippen molar-refractivity contribution < 1.29 is 13.2 Å². The summed E-state index contributed by atoms with van der Waals surface area (Å²) in [5.74, 6) is -0.148. The van der Waals surface area contributed by atoms with E-state index in [9.17, 15) is 13.2 Å². The summed E-state index contributed by atoms with van der Waals surface area (Å²) in [4.78, 5) is 26.3. The molecule has 0 N–H and O–H groups in total. The standard InChI is InChI=1S/C18H21N5O3S/c24-18(16-11-20-7-8-21-16)22-9-3-15-13-23(12-14-1-5-19-6-2-14)27(25,26)17(15)4-10-22/h1-2,5-8,11,15,17H,3-4,9-10,12-13H2/t15-,17-/m1/s1. The molecule has 0 saturated carbocycles. The van der Waals surface area contributed by atoms with Crippen molar-refractivity contribution in [1.82, 2.24) is 24.2 Å². The summed E-state index contributed by atoms with van der Waals surface area (Å²) in [7, 11) is -3.38. The van der Waals surface area contributed by atoms with E-state index in [1.165, 1.54) is 18.6 Å². The van der Waals surface area contributed by atoms with Gasteiger partial charge in [-0.1, -0.05) is 0 Å². The predicted octanol–water partition coefficient (Wildman–Crippen LogP) is 0.938. The van der Waals surface area contributed by atoms with E-state index >= 15 is 0 Å². The fourth-order valence-corrected chi connectivity index (χ4v) is 6.14. The molecule has 2 aromatic heterocycles. The summed E-state index contributed by atoms with van der Waals surface area (Å²) in [5.41, 5.74) is 1.23. The van der Waals surface area contributed by atoms with Crippen LogP contribution in [0.25, 0.3) is 0 Å². The van der Waals surface area contributed by atoms with Crippen LogP contribution in [0.3, 0.4) is 0 Å². The van der Waals surface area contributed by atoms with Gasteiger partial charge in [0.1, 0.15) is 5.69 Å². The van der Waals surface area contributed by atoms with Crippen LogP contribution in [0.1, 0.15) is 28.9 Å². The third-order valence-corrected chi connectivity index (χ3v) is 7.72. The minimum Gasteiger partial charge on any atom is -0.337 e. The van der Waals surface area contributed by atoms with Gasteiger partial charge in [0.25, 0.3) is 5.91 Å². The topological polar surface area (TPSA) is 96.4 Å². The van der Waals surface area contributed by atoms with Crippen molar-refractivity contribution >= 4 is 15.9 Å². The molecular weight excluding hydrogens is 366 g/mol. The smallest absolute Gasteiger partial charge is 0.274 e. The maximum atomic E-state index is 13.0. The Kier molecular flexibility index (Phi) is 4.88. The zero-order valence-electron chi connectivity index (χ0n) is 14.8. The normalized spacial score (nSPS) is 25.0. The van der Waals surface area contributed by atoms with Gasteiger partial charge < -0.3 is 4.90 Å². The fraction of sp³-hybridized carbons (Fsp3) is 0.444. The lowest BCUT2D eigenvalue weighted by atomic mass is 10.0. The van der Waals surface area contributed by atoms with Crippen LogP contribution in [0.2, 0.25) is 0 Å². The molecule has 0 aliphatic carbocycles. The highest BCUT2D eigenvalue weighted by Crippen LogP contribution is 2.35. The Morgan fingerprint density at radius 1 is 1.07 bits per heavy atom. The third-order valence-electron chi connectivity index (χ3n) is 5.34. The van der Waals surface area contributed by atoms with Crippen molar-refractivity contribution in [1.29, 1.82) is 0 Å². The Labute approximate surface area is 158 Å². The maximum absolute atomic E-state index is 13.0. The quantitative estimate of drug-likeness (QED) is 0.778. The Bertz CT molecular complexity index is 907. The van der Waals surface area contributed by atoms with Gasteiger partial charge in [-0.05, 0) is 36.5 Å². The van der Waals surface area contributed by atoms with Crippen LogP contribution in [0.5, 0.6) is 0 Å². The summed E-state index contributed by atoms with van der Waals surface area (Å²) < 4.78 is 27.6. The number of nitrogens with zero attached hydrogens (tertiary/aromatic N) is 5. The molecule has 2 atom stereocenters. The fourth-order valence-electron chi connectivity index (χ4n) is 3.92. The Balaban J connectivity index is 1.46. The Hall–Kier alpha value is -2.39. The summed E-state index contributed by atoms with van der Waals surface area (Å²) >= 11 is 0. The highest BCUT2D eigenvalue weighted by atomic mass is 32.2. The van der Waals surface area contributed by atoms with Gasteiger partial charge >= 0.3 is 0 Å². The second-order valence-electron chi connectivity index (χ2n) is 6.95. The van der Waals surface area contributed by atoms with Gasteiger partial charge in [-0.25, -0.2) is 13.4 Å². The zero-order chi connectivity index (χ0) is 18.9. The molecule has 9 heteroatoms. The average Bonchev–Trinajstić information content (AvgIpc) is 2.83. The minimum atomic E-state index is -3.38. The molecule has 2 saturated heterocycles. The highest BCUT2D eigenvalue weighted by Gasteiger charge is 2.47. The average molecular weight is 387 g/mol. The van der Waals surface area contributed by atoms with E-state index in [0.717, 1.165) is 5.56 Å². The molecule has 0 radical (unpaired) electrons. The summed E-state index contributed by atoms with van der Waals surface area (Å²) in [6.45, 7) is 1.83. The lowest BCUT2D eigenvalue weighted by Crippen LogP contribution is -2.35. The van der Waals surface area contributed by atoms with Crippen molar-refractivity contribution in [3.05, 3.63) is 54.4 Å². The van der Waals surface area contributed by atoms with Gasteiger partial charge in [0.15, 0.2) is 0 Å². The molecule has 0 bridgehead atoms. The molecule has 142 valence electrons. The number of hydrogen-bond donors (Lipinski definition) is 0. The molecule has 2 aliphatic rings. The zero-order valence-corrected chi connectivity index (χ0v) is 15.6. The first-order chi connectivity index (χ1) is 13.1. The van der Waals surface area contributed by atoms with Crippen molar-refractivity contribution in [3.8, 4) is 0 Å². The first kappa shape index (κ1) is 18.0. The number of sulfonamides is 1. The first-order valence-corrected chi connectivity index (χ1v) is 10.5. The first-order valence-electron chi connectivity index (χ1n) is 8.99. The number of amides is 1. The van der Waals surface area contributed by atoms with Crippen LogP contribution in [-0.2, 0) is 16.6 Å². The summed E-state index contributed by atoms with van der Waals surface area (Å²) in [5, 5.41) is -0.431. The van der Waals surface area contributed by atoms with Crippen molar-refractivity contribution in [2.45, 2.75) is 24.6 Å². The number of carbonyl (C=O) groups excluding carboxylic acids is 1. The second-order valence-corrected chi connectivity index (χ2v) is 9.10. The molecule has 2 aromatic rings. The number of hydrogen-bond acceptors (Lipinski definition) is 6. The van der Waals surface area contributed by atoms with Gasteiger partial charge in [-0.15, -0.1) is 0 Å². The number of likely N-dealkylation sites (tertiary alicyclic amines) is 1. The van der Waals surface area contributed by atoms with Gasteiger partial charge in [-0.3, -0.25) is 14.8 Å². The minimum absolute atomic E-state index is 0.0384. The molecule has 4 rings (SSSR count). The van der Waals surface area contributed by atoms with E-state index in [1.54, 1.807) is 21.6 Å². The van der Waals surface area contributed by atoms with Crippen molar-refractivity contribution in [2.75, 3.05) is 19.6 Å². The van der Waals surface area contributed by atoms with E-state index in [2.05, 4.69) is 15.0 Å². The molecule has 0 spiro atoms. The molecule has 4 heterocycles. The lowest BCUT2D eigenvalue weighted by Gasteiger charge is -2.21. The number of pyridine rings is 1. The maximum Gasteiger partial charge on any atom is 0.274 e. The van der Waals surface area contributed by atoms with Crippen LogP contribution in [0.15, 0.2) is 43.1 Å². The van der Waals surface area contributed by atoms with Gasteiger partial charge in [0.2, 0.25) is 10.0 Å². The van der Waals surface area contributed by atoms with Crippen molar-refractivity contribution in [2.24, 2.45) is 5.92 Å². The second kappa shape index (κ2) is 7.32. The number of carbonyl (C=O) groups is 1. The summed E-state index contributed by atoms with van der Waals surface area (Å²) in [6, 6.07) is 3.68. The van der Waals surface area contributed by atoms with E-state index < -0.39 is 15.3 Å². The van der Waals surface area contributed by atoms with Crippen LogP contribution in [0.4, 0.5) is 0 Å². The van der Waals surface area contributed by atoms with E-state index in [1.807, 2.05) is 12.1 Å². The largest absolute Gasteiger partial charge is 0.337 e. The Morgan fingerprint density at radius 2 is 1.85 bits per heavy atom. The number of aromatic nitrogens is 3. The van der Waals surface area contributed by atoms with Crippen LogP contribution in [0, 0.1) is 5.92 Å². The molecule has 0 unspecified atom stereocenters. The number of fused-ring (bicyclic) bond motifs is 1. The summed E-state index contributed by atoms with van der Waals surface area (Å²) in [6.07, 6.45) is 8.92. The monoisotopic (exact) mass is 387 g/mol. The van der Waals surface area contributed by atoms with Crippen molar-refractivity contribution in [3.63, 3.8) is 0 Å². The van der Waals surface area contributed by atoms with Gasteiger partial charge in [0.05, 0.1) is 11.4 Å². The molecule has 27 heavy (non-hydrogen) atoms. The van der Waals surface area contributed by atoms with E-state index in [-0.39, 0.29) is 11.8 Å². The Morgan fingerprint density at radius 3 is 2.59 bits per heavy atom. The lowest BCUT2D eigenvalue weighted by molar-refractivity contribution is 0.0752. The van der Waals surface area contributed by atoms with Crippen LogP contribution < -0.4 is 0 Å². The van der Waals surface area contributed by atoms with E-state index in [4.69, 9.17) is 0 Å². The number of rotatable bonds is 3. The van der Waals surface area contributed by atoms with Crippen LogP contribution >= 0.6 is 0 Å². The van der Waals surface area contributed by atoms with E-state index in [0.29, 0.717) is 44.7 Å². The molecule has 2 fully saturated rings. The molecule has 1 amide bonds. The predicted molar refractivity (Wildman–Crippen MR) is 98.0 cm³/mol. The molecule has 0 aromatic carbocycles. The molecule has 2 aliphatic heterocycles. The SMILES string of the molecule is O=C(c1cnccn1)N1CC[C@@H]2CN(Cc3ccncc3)S(=O)(=O)[C@@H]2CC1. The van der Waals surface area contributed by atoms with Gasteiger partial charge in [-0.2, -0.15) is 4.31 Å². The molecule has 8 nitrogen and oxygen atoms in total. The molecular formula is C18H21N5O3S. The van der Waals surface area contributed by atoms with Crippen LogP contribution in [-0.4, -0.2) is 63.4 Å².